The Morgan fingerprint density at radius 3 is 2.06 bits per heavy atom. The topological polar surface area (TPSA) is 12.0 Å². The molecule has 0 radical (unpaired) electrons. The first kappa shape index (κ1) is 17.0. The molecule has 0 aliphatic rings. The molecule has 0 rings (SSSR count). The average Bonchev–Trinajstić information content (AvgIpc) is 2.28. The van der Waals surface area contributed by atoms with Gasteiger partial charge in [-0.1, -0.05) is 65.7 Å². The number of hydrogen-bond acceptors (Lipinski definition) is 1. The molecule has 104 valence electrons. The van der Waals surface area contributed by atoms with Gasteiger partial charge in [-0.3, -0.25) is 0 Å². The van der Waals surface area contributed by atoms with Crippen LogP contribution in [0.4, 0.5) is 0 Å². The van der Waals surface area contributed by atoms with E-state index in [1.54, 1.807) is 0 Å². The third kappa shape index (κ3) is 13.9. The van der Waals surface area contributed by atoms with Crippen LogP contribution < -0.4 is 5.32 Å². The molecule has 0 aromatic rings. The molecule has 0 spiro atoms. The first-order valence-corrected chi connectivity index (χ1v) is 7.90. The quantitative estimate of drug-likeness (QED) is 0.466. The summed E-state index contributed by atoms with van der Waals surface area (Å²) in [6.45, 7) is 10.5. The average molecular weight is 241 g/mol. The summed E-state index contributed by atoms with van der Waals surface area (Å²) in [7, 11) is 0. The molecule has 0 aromatic carbocycles. The van der Waals surface area contributed by atoms with Crippen LogP contribution in [0.1, 0.15) is 85.5 Å². The van der Waals surface area contributed by atoms with E-state index in [0.29, 0.717) is 0 Å². The van der Waals surface area contributed by atoms with E-state index in [1.807, 2.05) is 0 Å². The van der Waals surface area contributed by atoms with Crippen LogP contribution in [0.3, 0.4) is 0 Å². The van der Waals surface area contributed by atoms with E-state index in [1.165, 1.54) is 64.3 Å². The van der Waals surface area contributed by atoms with Crippen LogP contribution in [0.15, 0.2) is 0 Å². The second kappa shape index (κ2) is 12.4. The van der Waals surface area contributed by atoms with Crippen molar-refractivity contribution in [2.45, 2.75) is 91.5 Å². The standard InChI is InChI=1S/C16H35N/c1-5-6-9-13-16(4)17-14-11-8-7-10-12-15(2)3/h15-17H,5-14H2,1-4H3. The predicted octanol–water partition coefficient (Wildman–Crippen LogP) is 5.15. The lowest BCUT2D eigenvalue weighted by Gasteiger charge is -2.13. The highest BCUT2D eigenvalue weighted by Crippen LogP contribution is 2.09. The van der Waals surface area contributed by atoms with Crippen LogP contribution >= 0.6 is 0 Å². The number of rotatable bonds is 12. The number of nitrogens with one attached hydrogen (secondary N) is 1. The van der Waals surface area contributed by atoms with Crippen molar-refractivity contribution in [2.75, 3.05) is 6.54 Å². The van der Waals surface area contributed by atoms with E-state index < -0.39 is 0 Å². The molecule has 1 unspecified atom stereocenters. The zero-order valence-corrected chi connectivity index (χ0v) is 12.7. The van der Waals surface area contributed by atoms with Crippen molar-refractivity contribution in [3.63, 3.8) is 0 Å². The molecule has 0 amide bonds. The Kier molecular flexibility index (Phi) is 12.4. The van der Waals surface area contributed by atoms with Crippen molar-refractivity contribution < 1.29 is 0 Å². The summed E-state index contributed by atoms with van der Waals surface area (Å²) < 4.78 is 0. The third-order valence-corrected chi connectivity index (χ3v) is 3.44. The smallest absolute Gasteiger partial charge is 0.00387 e. The molecule has 17 heavy (non-hydrogen) atoms. The normalized spacial score (nSPS) is 13.2. The van der Waals surface area contributed by atoms with Crippen molar-refractivity contribution in [1.82, 2.24) is 5.32 Å². The Morgan fingerprint density at radius 1 is 0.765 bits per heavy atom. The zero-order chi connectivity index (χ0) is 12.9. The minimum atomic E-state index is 0.720. The molecule has 1 heteroatoms. The Hall–Kier alpha value is -0.0400. The molecule has 0 fully saturated rings. The van der Waals surface area contributed by atoms with Gasteiger partial charge in [0, 0.05) is 6.04 Å². The second-order valence-corrected chi connectivity index (χ2v) is 5.95. The molecule has 0 saturated carbocycles. The van der Waals surface area contributed by atoms with Crippen LogP contribution in [0, 0.1) is 5.92 Å². The van der Waals surface area contributed by atoms with E-state index in [4.69, 9.17) is 0 Å². The monoisotopic (exact) mass is 241 g/mol. The van der Waals surface area contributed by atoms with Crippen molar-refractivity contribution >= 4 is 0 Å². The SMILES string of the molecule is CCCCCC(C)NCCCCCCC(C)C. The lowest BCUT2D eigenvalue weighted by Crippen LogP contribution is -2.26. The van der Waals surface area contributed by atoms with Gasteiger partial charge >= 0.3 is 0 Å². The zero-order valence-electron chi connectivity index (χ0n) is 12.7. The summed E-state index contributed by atoms with van der Waals surface area (Å²) in [5.74, 6) is 0.881. The lowest BCUT2D eigenvalue weighted by molar-refractivity contribution is 0.466. The predicted molar refractivity (Wildman–Crippen MR) is 79.5 cm³/mol. The van der Waals surface area contributed by atoms with E-state index in [2.05, 4.69) is 33.0 Å². The summed E-state index contributed by atoms with van der Waals surface area (Å²) in [4.78, 5) is 0. The van der Waals surface area contributed by atoms with Crippen LogP contribution in [-0.2, 0) is 0 Å². The third-order valence-electron chi connectivity index (χ3n) is 3.44. The molecule has 1 atom stereocenters. The summed E-state index contributed by atoms with van der Waals surface area (Å²) in [5, 5.41) is 3.64. The first-order chi connectivity index (χ1) is 8.16. The van der Waals surface area contributed by atoms with Crippen LogP contribution in [0.2, 0.25) is 0 Å². The largest absolute Gasteiger partial charge is 0.314 e. The fourth-order valence-corrected chi connectivity index (χ4v) is 2.18. The van der Waals surface area contributed by atoms with Gasteiger partial charge < -0.3 is 5.32 Å². The van der Waals surface area contributed by atoms with E-state index in [9.17, 15) is 0 Å². The molecular formula is C16H35N. The fourth-order valence-electron chi connectivity index (χ4n) is 2.18. The van der Waals surface area contributed by atoms with Gasteiger partial charge in [-0.2, -0.15) is 0 Å². The van der Waals surface area contributed by atoms with Gasteiger partial charge in [-0.25, -0.2) is 0 Å². The van der Waals surface area contributed by atoms with E-state index in [-0.39, 0.29) is 0 Å². The van der Waals surface area contributed by atoms with Gasteiger partial charge in [0.1, 0.15) is 0 Å². The van der Waals surface area contributed by atoms with Crippen LogP contribution in [-0.4, -0.2) is 12.6 Å². The van der Waals surface area contributed by atoms with Gasteiger partial charge in [-0.15, -0.1) is 0 Å². The molecule has 0 aromatic heterocycles. The highest BCUT2D eigenvalue weighted by molar-refractivity contribution is 4.60. The van der Waals surface area contributed by atoms with Crippen molar-refractivity contribution in [1.29, 1.82) is 0 Å². The fraction of sp³-hybridized carbons (Fsp3) is 1.00. The highest BCUT2D eigenvalue weighted by Gasteiger charge is 2.00. The Labute approximate surface area is 110 Å². The van der Waals surface area contributed by atoms with Gasteiger partial charge in [0.2, 0.25) is 0 Å². The molecule has 0 bridgehead atoms. The molecule has 1 nitrogen and oxygen atoms in total. The van der Waals surface area contributed by atoms with E-state index in [0.717, 1.165) is 12.0 Å². The second-order valence-electron chi connectivity index (χ2n) is 5.95. The summed E-state index contributed by atoms with van der Waals surface area (Å²) in [6, 6.07) is 0.720. The minimum absolute atomic E-state index is 0.720. The molecule has 0 aliphatic heterocycles. The maximum Gasteiger partial charge on any atom is 0.00387 e. The molecule has 1 N–H and O–H groups in total. The molecule has 0 aliphatic carbocycles. The minimum Gasteiger partial charge on any atom is -0.314 e. The lowest BCUT2D eigenvalue weighted by atomic mass is 10.0. The first-order valence-electron chi connectivity index (χ1n) is 7.90. The molecule has 0 saturated heterocycles. The Morgan fingerprint density at radius 2 is 1.41 bits per heavy atom. The Bertz CT molecular complexity index is 142. The highest BCUT2D eigenvalue weighted by atomic mass is 14.9. The summed E-state index contributed by atoms with van der Waals surface area (Å²) in [5.41, 5.74) is 0. The molecular weight excluding hydrogens is 206 g/mol. The van der Waals surface area contributed by atoms with Gasteiger partial charge in [-0.05, 0) is 32.2 Å². The van der Waals surface area contributed by atoms with E-state index >= 15 is 0 Å². The maximum atomic E-state index is 3.64. The Balaban J connectivity index is 3.11. The van der Waals surface area contributed by atoms with Crippen molar-refractivity contribution in [3.05, 3.63) is 0 Å². The van der Waals surface area contributed by atoms with Crippen LogP contribution in [0.25, 0.3) is 0 Å². The van der Waals surface area contributed by atoms with Gasteiger partial charge in [0.05, 0.1) is 0 Å². The molecule has 0 heterocycles. The van der Waals surface area contributed by atoms with Gasteiger partial charge in [0.25, 0.3) is 0 Å². The van der Waals surface area contributed by atoms with Gasteiger partial charge in [0.15, 0.2) is 0 Å². The number of unbranched alkanes of at least 4 members (excludes halogenated alkanes) is 5. The van der Waals surface area contributed by atoms with Crippen molar-refractivity contribution in [3.8, 4) is 0 Å². The maximum absolute atomic E-state index is 3.64. The summed E-state index contributed by atoms with van der Waals surface area (Å²) in [6.07, 6.45) is 12.5. The van der Waals surface area contributed by atoms with Crippen LogP contribution in [0.5, 0.6) is 0 Å². The number of hydrogen-bond donors (Lipinski definition) is 1. The summed E-state index contributed by atoms with van der Waals surface area (Å²) >= 11 is 0. The van der Waals surface area contributed by atoms with Crippen molar-refractivity contribution in [2.24, 2.45) is 5.92 Å².